The van der Waals surface area contributed by atoms with Crippen LogP contribution in [-0.4, -0.2) is 55.5 Å². The van der Waals surface area contributed by atoms with Gasteiger partial charge in [0.2, 0.25) is 5.79 Å². The van der Waals surface area contributed by atoms with Gasteiger partial charge in [-0.15, -0.1) is 0 Å². The van der Waals surface area contributed by atoms with Crippen LogP contribution in [0.15, 0.2) is 69.6 Å². The summed E-state index contributed by atoms with van der Waals surface area (Å²) >= 11 is 0. The van der Waals surface area contributed by atoms with Crippen LogP contribution in [-0.2, 0) is 20.5 Å². The molecule has 0 amide bonds. The van der Waals surface area contributed by atoms with E-state index in [0.717, 1.165) is 5.56 Å². The van der Waals surface area contributed by atoms with Crippen molar-refractivity contribution in [3.63, 3.8) is 0 Å². The van der Waals surface area contributed by atoms with Crippen molar-refractivity contribution in [2.45, 2.75) is 30.4 Å². The molecule has 1 fully saturated rings. The van der Waals surface area contributed by atoms with Gasteiger partial charge in [0.15, 0.2) is 0 Å². The summed E-state index contributed by atoms with van der Waals surface area (Å²) in [4.78, 5) is 1.90. The number of rotatable bonds is 5. The first-order valence-electron chi connectivity index (χ1n) is 10.3. The van der Waals surface area contributed by atoms with E-state index in [9.17, 15) is 18.6 Å². The molecule has 2 aliphatic rings. The third-order valence-electron chi connectivity index (χ3n) is 5.63. The van der Waals surface area contributed by atoms with Crippen molar-refractivity contribution in [2.24, 2.45) is 4.40 Å². The lowest BCUT2D eigenvalue weighted by molar-refractivity contribution is -0.219. The van der Waals surface area contributed by atoms with E-state index in [0.29, 0.717) is 29.3 Å². The molecule has 0 saturated carbocycles. The Kier molecular flexibility index (Phi) is 5.74. The molecule has 31 heavy (non-hydrogen) atoms. The summed E-state index contributed by atoms with van der Waals surface area (Å²) in [5.41, 5.74) is 2.55. The lowest BCUT2D eigenvalue weighted by Crippen LogP contribution is -2.50. The van der Waals surface area contributed by atoms with Crippen LogP contribution in [0.5, 0.6) is 0 Å². The molecule has 4 rings (SSSR count). The second-order valence-electron chi connectivity index (χ2n) is 7.95. The number of β-amino-alcohol motifs (C(OH)–C–C–N with tert-alkyl or cyclic N) is 1. The molecule has 0 bridgehead atoms. The Hall–Kier alpha value is -2.52. The van der Waals surface area contributed by atoms with Crippen LogP contribution in [0.2, 0.25) is 0 Å². The normalized spacial score (nSPS) is 22.3. The molecule has 0 aromatic heterocycles. The van der Waals surface area contributed by atoms with Crippen molar-refractivity contribution in [1.82, 2.24) is 4.90 Å². The third kappa shape index (κ3) is 3.92. The maximum Gasteiger partial charge on any atom is 0.282 e. The van der Waals surface area contributed by atoms with Crippen LogP contribution < -0.4 is 0 Å². The average Bonchev–Trinajstić information content (AvgIpc) is 2.75. The van der Waals surface area contributed by atoms with E-state index in [1.165, 1.54) is 6.08 Å². The van der Waals surface area contributed by atoms with Gasteiger partial charge in [-0.25, -0.2) is 0 Å². The zero-order valence-electron chi connectivity index (χ0n) is 17.5. The van der Waals surface area contributed by atoms with Gasteiger partial charge in [0.1, 0.15) is 0 Å². The summed E-state index contributed by atoms with van der Waals surface area (Å²) < 4.78 is 36.0. The van der Waals surface area contributed by atoms with Gasteiger partial charge in [0, 0.05) is 24.2 Å². The van der Waals surface area contributed by atoms with E-state index >= 15 is 0 Å². The number of hydrogen-bond acceptors (Lipinski definition) is 6. The van der Waals surface area contributed by atoms with E-state index < -0.39 is 15.8 Å². The number of aliphatic hydroxyl groups is 2. The van der Waals surface area contributed by atoms with Gasteiger partial charge in [0.25, 0.3) is 10.0 Å². The Labute approximate surface area is 182 Å². The molecule has 2 N–H and O–H groups in total. The van der Waals surface area contributed by atoms with Gasteiger partial charge in [-0.05, 0) is 29.7 Å². The standard InChI is InChI=1S/C23H26N2O5S/c1-16(2)17-7-9-18(10-8-17)31(28,29)24-21-15-22-23(27,20-6-4-3-5-19(20)21)30-14-12-25(22)11-13-26/h3-10,15-16,26-27H,11-14H2,1-2H3. The fourth-order valence-electron chi connectivity index (χ4n) is 3.96. The average molecular weight is 443 g/mol. The minimum absolute atomic E-state index is 0.105. The van der Waals surface area contributed by atoms with E-state index in [4.69, 9.17) is 4.74 Å². The molecule has 1 aliphatic heterocycles. The Bertz CT molecular complexity index is 1140. The van der Waals surface area contributed by atoms with E-state index in [1.807, 2.05) is 13.8 Å². The lowest BCUT2D eigenvalue weighted by Gasteiger charge is -2.45. The predicted molar refractivity (Wildman–Crippen MR) is 117 cm³/mol. The molecule has 2 aromatic carbocycles. The highest BCUT2D eigenvalue weighted by atomic mass is 32.2. The molecule has 0 spiro atoms. The highest BCUT2D eigenvalue weighted by Gasteiger charge is 2.46. The van der Waals surface area contributed by atoms with Crippen LogP contribution in [0.25, 0.3) is 0 Å². The molecule has 7 nitrogen and oxygen atoms in total. The Morgan fingerprint density at radius 1 is 1.16 bits per heavy atom. The van der Waals surface area contributed by atoms with E-state index in [1.54, 1.807) is 53.4 Å². The number of hydrogen-bond donors (Lipinski definition) is 2. The maximum atomic E-state index is 13.1. The third-order valence-corrected chi connectivity index (χ3v) is 6.94. The summed E-state index contributed by atoms with van der Waals surface area (Å²) in [6.07, 6.45) is 1.54. The SMILES string of the molecule is CC(C)c1ccc(S(=O)(=O)N=C2C=C3N(CCO)CCOC3(O)c3ccccc32)cc1. The van der Waals surface area contributed by atoms with Crippen molar-refractivity contribution >= 4 is 15.7 Å². The number of aliphatic hydroxyl groups excluding tert-OH is 1. The molecule has 8 heteroatoms. The first kappa shape index (κ1) is 21.7. The maximum absolute atomic E-state index is 13.1. The van der Waals surface area contributed by atoms with Crippen molar-refractivity contribution < 1.29 is 23.4 Å². The summed E-state index contributed by atoms with van der Waals surface area (Å²) in [6.45, 7) is 5.00. The fraction of sp³-hybridized carbons (Fsp3) is 0.348. The molecular weight excluding hydrogens is 416 g/mol. The molecule has 2 aromatic rings. The highest BCUT2D eigenvalue weighted by Crippen LogP contribution is 2.41. The molecule has 1 aliphatic carbocycles. The molecular formula is C23H26N2O5S. The van der Waals surface area contributed by atoms with Crippen LogP contribution in [0.4, 0.5) is 0 Å². The zero-order chi connectivity index (χ0) is 22.2. The molecule has 1 saturated heterocycles. The number of nitrogens with zero attached hydrogens (tertiary/aromatic N) is 2. The van der Waals surface area contributed by atoms with Crippen molar-refractivity contribution in [1.29, 1.82) is 0 Å². The van der Waals surface area contributed by atoms with Gasteiger partial charge in [-0.3, -0.25) is 0 Å². The number of benzene rings is 2. The zero-order valence-corrected chi connectivity index (χ0v) is 18.3. The van der Waals surface area contributed by atoms with Gasteiger partial charge in [0.05, 0.1) is 29.5 Å². The summed E-state index contributed by atoms with van der Waals surface area (Å²) in [7, 11) is -3.98. The molecule has 1 unspecified atom stereocenters. The lowest BCUT2D eigenvalue weighted by atomic mass is 9.86. The van der Waals surface area contributed by atoms with Crippen LogP contribution in [0, 0.1) is 0 Å². The second-order valence-corrected chi connectivity index (χ2v) is 9.56. The van der Waals surface area contributed by atoms with Crippen LogP contribution in [0.3, 0.4) is 0 Å². The minimum atomic E-state index is -3.98. The Morgan fingerprint density at radius 3 is 2.55 bits per heavy atom. The van der Waals surface area contributed by atoms with Crippen LogP contribution >= 0.6 is 0 Å². The Morgan fingerprint density at radius 2 is 1.87 bits per heavy atom. The quantitative estimate of drug-likeness (QED) is 0.738. The second kappa shape index (κ2) is 8.20. The predicted octanol–water partition coefficient (Wildman–Crippen LogP) is 2.36. The number of allylic oxidation sites excluding steroid dienone is 1. The van der Waals surface area contributed by atoms with Gasteiger partial charge in [-0.1, -0.05) is 50.2 Å². The van der Waals surface area contributed by atoms with Gasteiger partial charge >= 0.3 is 0 Å². The smallest absolute Gasteiger partial charge is 0.282 e. The van der Waals surface area contributed by atoms with Crippen molar-refractivity contribution in [3.05, 3.63) is 77.0 Å². The van der Waals surface area contributed by atoms with Gasteiger partial charge < -0.3 is 19.8 Å². The first-order chi connectivity index (χ1) is 14.8. The highest BCUT2D eigenvalue weighted by molar-refractivity contribution is 7.90. The minimum Gasteiger partial charge on any atom is -0.395 e. The largest absolute Gasteiger partial charge is 0.395 e. The van der Waals surface area contributed by atoms with E-state index in [-0.39, 0.29) is 30.4 Å². The molecule has 1 atom stereocenters. The van der Waals surface area contributed by atoms with Crippen molar-refractivity contribution in [3.8, 4) is 0 Å². The molecule has 0 radical (unpaired) electrons. The number of sulfonamides is 1. The number of ether oxygens (including phenoxy) is 1. The van der Waals surface area contributed by atoms with Gasteiger partial charge in [-0.2, -0.15) is 12.8 Å². The monoisotopic (exact) mass is 442 g/mol. The topological polar surface area (TPSA) is 99.4 Å². The van der Waals surface area contributed by atoms with E-state index in [2.05, 4.69) is 4.40 Å². The summed E-state index contributed by atoms with van der Waals surface area (Å²) in [5, 5.41) is 20.8. The fourth-order valence-corrected chi connectivity index (χ4v) is 4.96. The summed E-state index contributed by atoms with van der Waals surface area (Å²) in [6, 6.07) is 13.6. The van der Waals surface area contributed by atoms with Crippen molar-refractivity contribution in [2.75, 3.05) is 26.3 Å². The van der Waals surface area contributed by atoms with Crippen LogP contribution in [0.1, 0.15) is 36.5 Å². The molecule has 1 heterocycles. The number of fused-ring (bicyclic) bond motifs is 3. The Balaban J connectivity index is 1.83. The number of morpholine rings is 1. The molecule has 164 valence electrons. The summed E-state index contributed by atoms with van der Waals surface area (Å²) in [5.74, 6) is -1.43. The first-order valence-corrected chi connectivity index (χ1v) is 11.7.